The number of rotatable bonds is 5. The Hall–Kier alpha value is -1.83. The van der Waals surface area contributed by atoms with Crippen LogP contribution in [0.3, 0.4) is 0 Å². The van der Waals surface area contributed by atoms with Gasteiger partial charge in [-0.05, 0) is 12.8 Å². The van der Waals surface area contributed by atoms with E-state index in [1.807, 2.05) is 6.92 Å². The number of hydrogen-bond donors (Lipinski definition) is 1. The molecule has 1 heterocycles. The van der Waals surface area contributed by atoms with Gasteiger partial charge in [0.05, 0.1) is 12.5 Å². The van der Waals surface area contributed by atoms with Crippen molar-refractivity contribution in [2.45, 2.75) is 27.2 Å². The van der Waals surface area contributed by atoms with Crippen molar-refractivity contribution >= 4 is 11.8 Å². The number of nitrogens with two attached hydrogens (primary N) is 1. The Morgan fingerprint density at radius 3 is 2.82 bits per heavy atom. The standard InChI is InChI=1S/C12H19N5/c1-9(2)8-17(6-4-5-13)11-10(3)7-15-12(14)16-11/h7,9H,4,6,8H2,1-3H3,(H2,14,15,16). The van der Waals surface area contributed by atoms with Gasteiger partial charge in [0.15, 0.2) is 0 Å². The first-order valence-corrected chi connectivity index (χ1v) is 5.75. The van der Waals surface area contributed by atoms with E-state index in [1.54, 1.807) is 6.20 Å². The molecule has 0 aromatic carbocycles. The van der Waals surface area contributed by atoms with Gasteiger partial charge in [-0.1, -0.05) is 13.8 Å². The Kier molecular flexibility index (Phi) is 4.70. The quantitative estimate of drug-likeness (QED) is 0.838. The van der Waals surface area contributed by atoms with Gasteiger partial charge in [-0.2, -0.15) is 10.2 Å². The summed E-state index contributed by atoms with van der Waals surface area (Å²) in [7, 11) is 0. The van der Waals surface area contributed by atoms with Gasteiger partial charge in [0, 0.05) is 24.8 Å². The third-order valence-corrected chi connectivity index (χ3v) is 2.34. The van der Waals surface area contributed by atoms with Crippen molar-refractivity contribution in [2.75, 3.05) is 23.7 Å². The third-order valence-electron chi connectivity index (χ3n) is 2.34. The number of nitriles is 1. The zero-order chi connectivity index (χ0) is 12.8. The van der Waals surface area contributed by atoms with Crippen LogP contribution in [0.2, 0.25) is 0 Å². The molecular formula is C12H19N5. The Balaban J connectivity index is 2.94. The molecule has 0 fully saturated rings. The zero-order valence-electron chi connectivity index (χ0n) is 10.6. The maximum atomic E-state index is 8.69. The summed E-state index contributed by atoms with van der Waals surface area (Å²) in [5.74, 6) is 1.61. The SMILES string of the molecule is Cc1cnc(N)nc1N(CCC#N)CC(C)C. The maximum Gasteiger partial charge on any atom is 0.221 e. The van der Waals surface area contributed by atoms with E-state index in [0.717, 1.165) is 17.9 Å². The number of aromatic nitrogens is 2. The van der Waals surface area contributed by atoms with Crippen LogP contribution in [0, 0.1) is 24.2 Å². The van der Waals surface area contributed by atoms with Crippen LogP contribution >= 0.6 is 0 Å². The highest BCUT2D eigenvalue weighted by Gasteiger charge is 2.13. The second-order valence-corrected chi connectivity index (χ2v) is 4.48. The Labute approximate surface area is 102 Å². The number of hydrogen-bond acceptors (Lipinski definition) is 5. The Bertz CT molecular complexity index is 408. The minimum atomic E-state index is 0.274. The number of nitrogens with zero attached hydrogens (tertiary/aromatic N) is 4. The van der Waals surface area contributed by atoms with Gasteiger partial charge in [0.2, 0.25) is 5.95 Å². The molecule has 92 valence electrons. The van der Waals surface area contributed by atoms with Gasteiger partial charge in [-0.25, -0.2) is 4.98 Å². The van der Waals surface area contributed by atoms with E-state index in [4.69, 9.17) is 11.0 Å². The topological polar surface area (TPSA) is 78.8 Å². The van der Waals surface area contributed by atoms with Crippen LogP contribution in [0.25, 0.3) is 0 Å². The van der Waals surface area contributed by atoms with Crippen LogP contribution in [0.1, 0.15) is 25.8 Å². The summed E-state index contributed by atoms with van der Waals surface area (Å²) in [4.78, 5) is 10.3. The van der Waals surface area contributed by atoms with Crippen molar-refractivity contribution in [1.29, 1.82) is 5.26 Å². The van der Waals surface area contributed by atoms with Gasteiger partial charge < -0.3 is 10.6 Å². The molecule has 5 nitrogen and oxygen atoms in total. The predicted molar refractivity (Wildman–Crippen MR) is 68.5 cm³/mol. The molecule has 1 aromatic rings. The summed E-state index contributed by atoms with van der Waals surface area (Å²) in [5.41, 5.74) is 6.59. The molecule has 17 heavy (non-hydrogen) atoms. The lowest BCUT2D eigenvalue weighted by molar-refractivity contribution is 0.606. The highest BCUT2D eigenvalue weighted by molar-refractivity contribution is 5.48. The van der Waals surface area contributed by atoms with Gasteiger partial charge in [0.25, 0.3) is 0 Å². The van der Waals surface area contributed by atoms with E-state index in [1.165, 1.54) is 0 Å². The number of nitrogen functional groups attached to an aromatic ring is 1. The normalized spacial score (nSPS) is 10.3. The van der Waals surface area contributed by atoms with Crippen molar-refractivity contribution < 1.29 is 0 Å². The van der Waals surface area contributed by atoms with Crippen LogP contribution in [0.4, 0.5) is 11.8 Å². The highest BCUT2D eigenvalue weighted by atomic mass is 15.2. The van der Waals surface area contributed by atoms with Crippen LogP contribution < -0.4 is 10.6 Å². The van der Waals surface area contributed by atoms with E-state index in [2.05, 4.69) is 34.8 Å². The predicted octanol–water partition coefficient (Wildman–Crippen LogP) is 1.74. The lowest BCUT2D eigenvalue weighted by atomic mass is 10.2. The summed E-state index contributed by atoms with van der Waals surface area (Å²) in [5, 5.41) is 8.69. The third kappa shape index (κ3) is 3.91. The lowest BCUT2D eigenvalue weighted by Crippen LogP contribution is -2.30. The van der Waals surface area contributed by atoms with E-state index >= 15 is 0 Å². The van der Waals surface area contributed by atoms with E-state index in [0.29, 0.717) is 18.9 Å². The minimum Gasteiger partial charge on any atom is -0.368 e. The molecule has 0 amide bonds. The fourth-order valence-corrected chi connectivity index (χ4v) is 1.68. The van der Waals surface area contributed by atoms with Gasteiger partial charge in [-0.15, -0.1) is 0 Å². The van der Waals surface area contributed by atoms with Crippen molar-refractivity contribution in [1.82, 2.24) is 9.97 Å². The van der Waals surface area contributed by atoms with Crippen LogP contribution in [0.5, 0.6) is 0 Å². The van der Waals surface area contributed by atoms with Gasteiger partial charge in [-0.3, -0.25) is 0 Å². The van der Waals surface area contributed by atoms with E-state index in [9.17, 15) is 0 Å². The zero-order valence-corrected chi connectivity index (χ0v) is 10.6. The molecular weight excluding hydrogens is 214 g/mol. The summed E-state index contributed by atoms with van der Waals surface area (Å²) in [6.45, 7) is 7.76. The molecule has 0 saturated heterocycles. The van der Waals surface area contributed by atoms with E-state index in [-0.39, 0.29) is 5.95 Å². The maximum absolute atomic E-state index is 8.69. The van der Waals surface area contributed by atoms with Gasteiger partial charge in [0.1, 0.15) is 5.82 Å². The smallest absolute Gasteiger partial charge is 0.221 e. The lowest BCUT2D eigenvalue weighted by Gasteiger charge is -2.26. The highest BCUT2D eigenvalue weighted by Crippen LogP contribution is 2.18. The molecule has 0 aliphatic heterocycles. The Morgan fingerprint density at radius 2 is 2.24 bits per heavy atom. The van der Waals surface area contributed by atoms with Crippen molar-refractivity contribution in [3.05, 3.63) is 11.8 Å². The fraction of sp³-hybridized carbons (Fsp3) is 0.583. The molecule has 0 saturated carbocycles. The fourth-order valence-electron chi connectivity index (χ4n) is 1.68. The van der Waals surface area contributed by atoms with Crippen molar-refractivity contribution in [3.8, 4) is 6.07 Å². The molecule has 0 unspecified atom stereocenters. The minimum absolute atomic E-state index is 0.274. The van der Waals surface area contributed by atoms with E-state index < -0.39 is 0 Å². The number of anilines is 2. The van der Waals surface area contributed by atoms with Crippen LogP contribution in [-0.4, -0.2) is 23.1 Å². The van der Waals surface area contributed by atoms with Crippen LogP contribution in [0.15, 0.2) is 6.20 Å². The molecule has 0 atom stereocenters. The summed E-state index contributed by atoms with van der Waals surface area (Å²) in [6.07, 6.45) is 2.20. The molecule has 0 aliphatic rings. The molecule has 0 spiro atoms. The molecule has 1 aromatic heterocycles. The Morgan fingerprint density at radius 1 is 1.53 bits per heavy atom. The summed E-state index contributed by atoms with van der Waals surface area (Å²) < 4.78 is 0. The van der Waals surface area contributed by atoms with Gasteiger partial charge >= 0.3 is 0 Å². The first kappa shape index (κ1) is 13.2. The largest absolute Gasteiger partial charge is 0.368 e. The van der Waals surface area contributed by atoms with Crippen molar-refractivity contribution in [2.24, 2.45) is 5.92 Å². The monoisotopic (exact) mass is 233 g/mol. The molecule has 0 bridgehead atoms. The second kappa shape index (κ2) is 6.04. The number of aryl methyl sites for hydroxylation is 1. The molecule has 1 rings (SSSR count). The molecule has 0 aliphatic carbocycles. The van der Waals surface area contributed by atoms with Crippen molar-refractivity contribution in [3.63, 3.8) is 0 Å². The van der Waals surface area contributed by atoms with Crippen LogP contribution in [-0.2, 0) is 0 Å². The second-order valence-electron chi connectivity index (χ2n) is 4.48. The molecule has 2 N–H and O–H groups in total. The molecule has 0 radical (unpaired) electrons. The average molecular weight is 233 g/mol. The first-order chi connectivity index (χ1) is 8.04. The summed E-state index contributed by atoms with van der Waals surface area (Å²) in [6, 6.07) is 2.16. The first-order valence-electron chi connectivity index (χ1n) is 5.75. The molecule has 5 heteroatoms. The summed E-state index contributed by atoms with van der Waals surface area (Å²) >= 11 is 0. The average Bonchev–Trinajstić information content (AvgIpc) is 2.27.